The number of fused-ring (bicyclic) bond motifs is 18. The van der Waals surface area contributed by atoms with Crippen LogP contribution < -0.4 is 56.8 Å². The highest BCUT2D eigenvalue weighted by Gasteiger charge is 2.47. The molecule has 0 amide bonds. The Hall–Kier alpha value is -7.56. The Bertz CT molecular complexity index is 9640. The number of rotatable bonds is 21. The standard InChI is InChI=1S/3C20H31NO3.3C19H29NO3/c3*1-20(2,3)11-14-12-21-7-6-13-8-18(23-4)19(24-5)9-15(13)16(21)10-17(14)22;3*1-12(2)7-14-11-20-6-5-13-8-18(22-3)19(23-4)9-15(13)16(20)10-17(14)21/h3*8-9,14,16-17,22H,6-7,10-12H2,1-5H3;3*8-9,12,14,16-17,21H,5-7,10-11H2,1-4H3/i2*1D3,2D3,5D3,6D2,7D2,8D,9D,10D2,11D2,14D,16D,17D;1D3,2D3,6D2,7D2,8D,9D,10D2,11D2,14D,16D,17D;4D3,5D2,6D2,8D,9D,10D2,14D,16D,17D;4D3,5D2,6D2,8D,9D,11D2;5D2,6D2,8D,9D,11D2. The Morgan fingerprint density at radius 3 is 0.766 bits per heavy atom. The van der Waals surface area contributed by atoms with Gasteiger partial charge in [0.1, 0.15) is 0 Å². The monoisotopic (exact) mass is 2050 g/mol. The van der Waals surface area contributed by atoms with Gasteiger partial charge in [0.2, 0.25) is 0 Å². The second kappa shape index (κ2) is 48.4. The van der Waals surface area contributed by atoms with Crippen molar-refractivity contribution in [1.29, 1.82) is 0 Å². The number of hydrogen-bond acceptors (Lipinski definition) is 24. The smallest absolute Gasteiger partial charge is 0.161 e. The highest BCUT2D eigenvalue weighted by atomic mass is 16.5. The molecule has 12 heterocycles. The molecule has 0 aromatic heterocycles. The van der Waals surface area contributed by atoms with Crippen molar-refractivity contribution >= 4 is 0 Å². The predicted molar refractivity (Wildman–Crippen MR) is 561 cm³/mol. The molecule has 24 heteroatoms. The van der Waals surface area contributed by atoms with Crippen LogP contribution in [0.4, 0.5) is 0 Å². The van der Waals surface area contributed by atoms with Crippen molar-refractivity contribution in [2.24, 2.45) is 69.4 Å². The summed E-state index contributed by atoms with van der Waals surface area (Å²) in [6.45, 7) is -43.4. The van der Waals surface area contributed by atoms with Crippen molar-refractivity contribution in [1.82, 2.24) is 29.4 Å². The number of ether oxygens (including phenoxy) is 12. The zero-order valence-corrected chi connectivity index (χ0v) is 79.8. The van der Waals surface area contributed by atoms with Crippen LogP contribution in [0.5, 0.6) is 69.0 Å². The van der Waals surface area contributed by atoms with E-state index in [0.29, 0.717) is 30.6 Å². The summed E-state index contributed by atoms with van der Waals surface area (Å²) >= 11 is 0. The summed E-state index contributed by atoms with van der Waals surface area (Å²) in [4.78, 5) is 1.41. The van der Waals surface area contributed by atoms with Crippen LogP contribution in [0.1, 0.15) is 415 Å². The molecule has 12 aliphatic rings. The van der Waals surface area contributed by atoms with Gasteiger partial charge in [-0.3, -0.25) is 29.4 Å². The van der Waals surface area contributed by atoms with Gasteiger partial charge in [-0.05, 0) is 324 Å². The van der Waals surface area contributed by atoms with Crippen molar-refractivity contribution in [2.75, 3.05) is 163 Å². The summed E-state index contributed by atoms with van der Waals surface area (Å²) in [5.74, 6) is -25.5. The second-order valence-corrected chi connectivity index (χ2v) is 34.6. The van der Waals surface area contributed by atoms with Gasteiger partial charge in [-0.25, -0.2) is 0 Å². The largest absolute Gasteiger partial charge is 0.493 e. The third-order valence-corrected chi connectivity index (χ3v) is 22.1. The molecule has 6 saturated heterocycles. The number of piperidine rings is 6. The van der Waals surface area contributed by atoms with Crippen molar-refractivity contribution in [2.45, 2.75) is 291 Å². The molecule has 141 heavy (non-hydrogen) atoms. The molecule has 0 spiro atoms. The normalized spacial score (nSPS) is 51.3. The van der Waals surface area contributed by atoms with Gasteiger partial charge in [-0.15, -0.1) is 0 Å². The zero-order valence-electron chi connectivity index (χ0n) is 176. The number of hydrogen-bond donors (Lipinski definition) is 6. The van der Waals surface area contributed by atoms with E-state index in [1.54, 1.807) is 13.8 Å². The molecule has 6 aromatic carbocycles. The Morgan fingerprint density at radius 1 is 0.319 bits per heavy atom. The number of aliphatic hydroxyl groups excluding tert-OH is 2. The first-order valence-electron chi connectivity index (χ1n) is 91.6. The van der Waals surface area contributed by atoms with Crippen LogP contribution in [-0.4, -0.2) is 260 Å². The molecule has 6 aromatic rings. The lowest BCUT2D eigenvalue weighted by atomic mass is 9.75. The van der Waals surface area contributed by atoms with Gasteiger partial charge in [0.15, 0.2) is 69.0 Å². The first kappa shape index (κ1) is 40.2. The average molecular weight is 2060 g/mol. The topological polar surface area (TPSA) is 252 Å². The van der Waals surface area contributed by atoms with Crippen molar-refractivity contribution in [3.8, 4) is 69.0 Å². The summed E-state index contributed by atoms with van der Waals surface area (Å²) in [7, 11) is -4.72. The highest BCUT2D eigenvalue weighted by Crippen LogP contribution is 2.53. The number of nitrogens with zero attached hydrogens (tertiary/aromatic N) is 6. The molecule has 0 aliphatic carbocycles. The SMILES string of the molecule is [2H]c1c(OC([2H])([2H])[2H])c(OC)c([2H])c2c1C1CC(O)C(CC(C)C)C([2H])([2H])N1C([2H])([2H])C2([2H])[2H].[2H]c1c(OC)c(OC([2H])([2H])[2H])c([2H])c2c1C([2H])([2H])C([2H])([2H])N1CC([2H])(C([2H])([2H])C(C)(C([2H])([2H])[2H])C([2H])([2H])[2H])C([2H])(O)C([2H])([2H])C21[2H].[2H]c1c(OC)c(OC([2H])([2H])[2H])c([2H])c2c1C([2H])([2H])C([2H])([2H])N1CC([2H])(C([2H])([2H])C(C)(C([2H])([2H])[2H])C([2H])([2H])[2H])C([2H])(O)C([2H])([2H])C21[2H].[2H]c1c(OC)c(OC([2H])([2H])[2H])c([2H])c2c1C([2H])([2H])C([2H])([2H])N1CC([2H])(CC(C)C)C([2H])(O)C([2H])([2H])C21[2H].[2H]c1c(OC)c(OC)c([2H])c2c1C([2H])([2H])C([2H])([2H])N1CC([2H])(C([2H])([2H])C(C)(C([2H])([2H])[2H])C([2H])([2H])[2H])C([2H])(O)C([2H])([2H])C21[2H].[2H]c1c(OC)c(OC)c([2H])c2c1C1CC(O)C(CC(C)C)C([2H])([2H])N1C([2H])([2H])C2([2H])[2H]. The molecule has 6 fully saturated rings. The van der Waals surface area contributed by atoms with Gasteiger partial charge < -0.3 is 87.5 Å². The Balaban J connectivity index is 0.000000225. The van der Waals surface area contributed by atoms with E-state index >= 15 is 0 Å². The Labute approximate surface area is 981 Å². The van der Waals surface area contributed by atoms with E-state index in [4.69, 9.17) is 183 Å². The quantitative estimate of drug-likeness (QED) is 0.0392. The molecule has 18 atom stereocenters. The molecule has 6 N–H and O–H groups in total. The fraction of sp³-hybridized carbons (Fsp3) is 0.692. The van der Waals surface area contributed by atoms with E-state index in [0.717, 1.165) is 47.6 Å². The van der Waals surface area contributed by atoms with E-state index in [-0.39, 0.29) is 92.9 Å². The summed E-state index contributed by atoms with van der Waals surface area (Å²) < 4.78 is 869. The summed E-state index contributed by atoms with van der Waals surface area (Å²) in [6.07, 6.45) is -67.7. The molecule has 0 radical (unpaired) electrons. The first-order chi connectivity index (χ1) is 105. The maximum Gasteiger partial charge on any atom is 0.161 e. The maximum atomic E-state index is 11.6. The lowest BCUT2D eigenvalue weighted by molar-refractivity contribution is -0.0259. The van der Waals surface area contributed by atoms with E-state index in [9.17, 15) is 36.1 Å². The minimum Gasteiger partial charge on any atom is -0.493 e. The van der Waals surface area contributed by atoms with Crippen LogP contribution in [0.2, 0.25) is 0 Å². The number of aliphatic hydroxyl groups is 6. The number of benzene rings is 6. The maximum absolute atomic E-state index is 11.6. The van der Waals surface area contributed by atoms with Crippen LogP contribution in [0.25, 0.3) is 0 Å². The molecule has 12 aliphatic heterocycles. The molecular weight excluding hydrogens is 1780 g/mol. The third kappa shape index (κ3) is 26.9. The average Bonchev–Trinajstić information content (AvgIpc) is 0.639. The van der Waals surface area contributed by atoms with Gasteiger partial charge in [-0.1, -0.05) is 103 Å². The molecule has 786 valence electrons. The summed E-state index contributed by atoms with van der Waals surface area (Å²) in [6, 6.07) is -28.3. The third-order valence-electron chi connectivity index (χ3n) is 22.1. The number of methoxy groups -OCH3 is 12. The van der Waals surface area contributed by atoms with E-state index < -0.39 is 535 Å². The molecule has 18 unspecified atom stereocenters. The predicted octanol–water partition coefficient (Wildman–Crippen LogP) is 19.3. The van der Waals surface area contributed by atoms with Gasteiger partial charge >= 0.3 is 0 Å². The molecule has 18 rings (SSSR count). The fourth-order valence-corrected chi connectivity index (χ4v) is 16.0. The van der Waals surface area contributed by atoms with Crippen LogP contribution >= 0.6 is 0 Å². The van der Waals surface area contributed by atoms with E-state index in [1.807, 2.05) is 27.7 Å². The van der Waals surface area contributed by atoms with Crippen molar-refractivity contribution < 1.29 is 219 Å². The first-order valence-corrected chi connectivity index (χ1v) is 43.6. The Kier molecular flexibility index (Phi) is 13.8. The molecular formula is C117H180N6O18. The zero-order chi connectivity index (χ0) is 186. The van der Waals surface area contributed by atoms with Gasteiger partial charge in [0, 0.05) is 202 Å². The van der Waals surface area contributed by atoms with Crippen LogP contribution in [0.3, 0.4) is 0 Å². The van der Waals surface area contributed by atoms with E-state index in [1.165, 1.54) is 14.2 Å². The highest BCUT2D eigenvalue weighted by molar-refractivity contribution is 5.55. The molecule has 0 saturated carbocycles. The Morgan fingerprint density at radius 2 is 0.532 bits per heavy atom. The molecule has 0 bridgehead atoms. The van der Waals surface area contributed by atoms with Crippen molar-refractivity contribution in [3.05, 3.63) is 139 Å². The molecule has 24 nitrogen and oxygen atoms in total. The van der Waals surface area contributed by atoms with Crippen LogP contribution in [0.15, 0.2) is 72.5 Å². The van der Waals surface area contributed by atoms with Gasteiger partial charge in [-0.2, -0.15) is 0 Å². The van der Waals surface area contributed by atoms with Crippen LogP contribution in [0, 0.1) is 69.4 Å². The van der Waals surface area contributed by atoms with E-state index in [2.05, 4.69) is 0 Å². The minimum absolute atomic E-state index is 0.0296. The second-order valence-electron chi connectivity index (χ2n) is 34.6. The van der Waals surface area contributed by atoms with Crippen molar-refractivity contribution in [3.63, 3.8) is 0 Å². The summed E-state index contributed by atoms with van der Waals surface area (Å²) in [5, 5.41) is 67.7. The summed E-state index contributed by atoms with van der Waals surface area (Å²) in [5.41, 5.74) is -21.7. The van der Waals surface area contributed by atoms with Crippen LogP contribution in [-0.2, 0) is 38.2 Å². The van der Waals surface area contributed by atoms with Gasteiger partial charge in [0.05, 0.1) is 165 Å². The lowest BCUT2D eigenvalue weighted by Crippen LogP contribution is -2.48. The fourth-order valence-electron chi connectivity index (χ4n) is 16.0. The lowest BCUT2D eigenvalue weighted by Gasteiger charge is -2.47. The minimum atomic E-state index is -4.42. The van der Waals surface area contributed by atoms with Gasteiger partial charge in [0.25, 0.3) is 0 Å².